The summed E-state index contributed by atoms with van der Waals surface area (Å²) in [5.41, 5.74) is 2.27. The van der Waals surface area contributed by atoms with Crippen LogP contribution in [0.2, 0.25) is 0 Å². The topological polar surface area (TPSA) is 29.5 Å². The first-order valence-corrected chi connectivity index (χ1v) is 9.68. The molecule has 26 heavy (non-hydrogen) atoms. The van der Waals surface area contributed by atoms with Gasteiger partial charge < -0.3 is 9.64 Å². The molecule has 0 spiro atoms. The van der Waals surface area contributed by atoms with Crippen LogP contribution in [0.1, 0.15) is 43.2 Å². The van der Waals surface area contributed by atoms with E-state index < -0.39 is 5.92 Å². The fraction of sp³-hybridized carbons (Fsp3) is 0.667. The molecular weight excluding hydrogens is 336 g/mol. The van der Waals surface area contributed by atoms with Crippen molar-refractivity contribution in [1.29, 1.82) is 0 Å². The summed E-state index contributed by atoms with van der Waals surface area (Å²) in [5, 5.41) is 0. The van der Waals surface area contributed by atoms with Crippen molar-refractivity contribution in [2.45, 2.75) is 50.9 Å². The molecule has 2 fully saturated rings. The van der Waals surface area contributed by atoms with E-state index in [0.717, 1.165) is 31.6 Å². The molecule has 1 aromatic carbocycles. The smallest absolute Gasteiger partial charge is 0.309 e. The molecule has 1 atom stereocenters. The summed E-state index contributed by atoms with van der Waals surface area (Å²) in [6, 6.07) is 8.21. The maximum Gasteiger partial charge on any atom is 0.309 e. The molecule has 1 saturated carbocycles. The SMILES string of the molecule is COC(=O)Cc1ccc(CC2CCN(CC3CCC(F)(F)CC3)C2)cc1. The van der Waals surface area contributed by atoms with Gasteiger partial charge in [-0.25, -0.2) is 8.78 Å². The summed E-state index contributed by atoms with van der Waals surface area (Å²) in [4.78, 5) is 13.8. The van der Waals surface area contributed by atoms with Crippen molar-refractivity contribution in [3.63, 3.8) is 0 Å². The van der Waals surface area contributed by atoms with Crippen molar-refractivity contribution in [3.05, 3.63) is 35.4 Å². The first kappa shape index (κ1) is 19.3. The van der Waals surface area contributed by atoms with E-state index in [-0.39, 0.29) is 18.8 Å². The summed E-state index contributed by atoms with van der Waals surface area (Å²) in [6.45, 7) is 3.12. The highest BCUT2D eigenvalue weighted by atomic mass is 19.3. The Hall–Kier alpha value is -1.49. The number of halogens is 2. The molecule has 0 radical (unpaired) electrons. The van der Waals surface area contributed by atoms with Crippen molar-refractivity contribution in [2.24, 2.45) is 11.8 Å². The van der Waals surface area contributed by atoms with Crippen LogP contribution in [0.3, 0.4) is 0 Å². The van der Waals surface area contributed by atoms with Crippen LogP contribution in [0.5, 0.6) is 0 Å². The molecule has 1 aliphatic carbocycles. The molecule has 5 heteroatoms. The van der Waals surface area contributed by atoms with Gasteiger partial charge in [-0.15, -0.1) is 0 Å². The van der Waals surface area contributed by atoms with E-state index in [1.807, 2.05) is 12.1 Å². The van der Waals surface area contributed by atoms with Gasteiger partial charge in [0.1, 0.15) is 0 Å². The predicted octanol–water partition coefficient (Wildman–Crippen LogP) is 4.09. The van der Waals surface area contributed by atoms with Gasteiger partial charge in [0.05, 0.1) is 13.5 Å². The quantitative estimate of drug-likeness (QED) is 0.711. The Morgan fingerprint density at radius 1 is 1.12 bits per heavy atom. The lowest BCUT2D eigenvalue weighted by atomic mass is 9.86. The number of carbonyl (C=O) groups excluding carboxylic acids is 1. The van der Waals surface area contributed by atoms with E-state index in [0.29, 0.717) is 31.1 Å². The Bertz CT molecular complexity index is 593. The fourth-order valence-corrected chi connectivity index (χ4v) is 4.26. The van der Waals surface area contributed by atoms with Crippen LogP contribution in [0.4, 0.5) is 8.78 Å². The molecule has 1 saturated heterocycles. The standard InChI is InChI=1S/C21H29F2NO2/c1-26-20(25)13-17-4-2-16(3-5-17)12-19-8-11-24(15-19)14-18-6-9-21(22,23)10-7-18/h2-5,18-19H,6-15H2,1H3. The number of alkyl halides is 2. The second kappa shape index (κ2) is 8.47. The fourth-order valence-electron chi connectivity index (χ4n) is 4.26. The van der Waals surface area contributed by atoms with Gasteiger partial charge in [-0.3, -0.25) is 4.79 Å². The zero-order chi connectivity index (χ0) is 18.6. The average Bonchev–Trinajstić information content (AvgIpc) is 3.05. The Morgan fingerprint density at radius 2 is 1.77 bits per heavy atom. The van der Waals surface area contributed by atoms with Crippen LogP contribution >= 0.6 is 0 Å². The molecule has 144 valence electrons. The molecule has 0 amide bonds. The molecule has 1 heterocycles. The van der Waals surface area contributed by atoms with Crippen LogP contribution in [-0.2, 0) is 22.4 Å². The molecule has 3 nitrogen and oxygen atoms in total. The second-order valence-electron chi connectivity index (χ2n) is 7.99. The lowest BCUT2D eigenvalue weighted by Gasteiger charge is -2.31. The van der Waals surface area contributed by atoms with Gasteiger partial charge in [0.2, 0.25) is 5.92 Å². The molecule has 1 aromatic rings. The van der Waals surface area contributed by atoms with Gasteiger partial charge >= 0.3 is 5.97 Å². The Kier molecular flexibility index (Phi) is 6.28. The van der Waals surface area contributed by atoms with Crippen molar-refractivity contribution in [2.75, 3.05) is 26.7 Å². The molecule has 3 rings (SSSR count). The third-order valence-corrected chi connectivity index (χ3v) is 5.85. The normalized spacial score (nSPS) is 23.9. The number of hydrogen-bond acceptors (Lipinski definition) is 3. The summed E-state index contributed by atoms with van der Waals surface area (Å²) in [7, 11) is 1.40. The molecule has 1 aliphatic heterocycles. The highest BCUT2D eigenvalue weighted by molar-refractivity contribution is 5.72. The van der Waals surface area contributed by atoms with Crippen LogP contribution in [0.15, 0.2) is 24.3 Å². The monoisotopic (exact) mass is 365 g/mol. The summed E-state index contributed by atoms with van der Waals surface area (Å²) < 4.78 is 31.2. The minimum absolute atomic E-state index is 0.0624. The van der Waals surface area contributed by atoms with Crippen molar-refractivity contribution in [1.82, 2.24) is 4.90 Å². The molecule has 2 aliphatic rings. The van der Waals surface area contributed by atoms with E-state index in [1.54, 1.807) is 0 Å². The maximum absolute atomic E-state index is 13.3. The average molecular weight is 365 g/mol. The highest BCUT2D eigenvalue weighted by Crippen LogP contribution is 2.37. The lowest BCUT2D eigenvalue weighted by molar-refractivity contribution is -0.139. The minimum Gasteiger partial charge on any atom is -0.469 e. The maximum atomic E-state index is 13.3. The van der Waals surface area contributed by atoms with Gasteiger partial charge in [-0.1, -0.05) is 24.3 Å². The highest BCUT2D eigenvalue weighted by Gasteiger charge is 2.36. The van der Waals surface area contributed by atoms with Gasteiger partial charge in [-0.2, -0.15) is 0 Å². The van der Waals surface area contributed by atoms with Gasteiger partial charge in [-0.05, 0) is 55.2 Å². The molecular formula is C21H29F2NO2. The number of methoxy groups -OCH3 is 1. The molecule has 1 unspecified atom stereocenters. The van der Waals surface area contributed by atoms with Crippen LogP contribution < -0.4 is 0 Å². The zero-order valence-corrected chi connectivity index (χ0v) is 15.6. The number of esters is 1. The van der Waals surface area contributed by atoms with Gasteiger partial charge in [0.15, 0.2) is 0 Å². The number of rotatable bonds is 6. The number of carbonyl (C=O) groups is 1. The van der Waals surface area contributed by atoms with E-state index in [9.17, 15) is 13.6 Å². The third-order valence-electron chi connectivity index (χ3n) is 5.85. The van der Waals surface area contributed by atoms with Crippen molar-refractivity contribution < 1.29 is 18.3 Å². The summed E-state index contributed by atoms with van der Waals surface area (Å²) >= 11 is 0. The number of hydrogen-bond donors (Lipinski definition) is 0. The second-order valence-corrected chi connectivity index (χ2v) is 7.99. The van der Waals surface area contributed by atoms with Crippen LogP contribution in [0.25, 0.3) is 0 Å². The van der Waals surface area contributed by atoms with Crippen molar-refractivity contribution in [3.8, 4) is 0 Å². The Balaban J connectivity index is 1.42. The predicted molar refractivity (Wildman–Crippen MR) is 97.3 cm³/mol. The lowest BCUT2D eigenvalue weighted by Crippen LogP contribution is -2.33. The van der Waals surface area contributed by atoms with E-state index in [1.165, 1.54) is 19.1 Å². The number of benzene rings is 1. The zero-order valence-electron chi connectivity index (χ0n) is 15.6. The van der Waals surface area contributed by atoms with E-state index >= 15 is 0 Å². The van der Waals surface area contributed by atoms with E-state index in [4.69, 9.17) is 4.74 Å². The molecule has 0 bridgehead atoms. The Labute approximate surface area is 154 Å². The first-order chi connectivity index (χ1) is 12.4. The molecule has 0 aromatic heterocycles. The van der Waals surface area contributed by atoms with Crippen molar-refractivity contribution >= 4 is 5.97 Å². The third kappa shape index (κ3) is 5.50. The molecule has 0 N–H and O–H groups in total. The first-order valence-electron chi connectivity index (χ1n) is 9.68. The number of nitrogens with zero attached hydrogens (tertiary/aromatic N) is 1. The minimum atomic E-state index is -2.43. The van der Waals surface area contributed by atoms with Crippen LogP contribution in [0, 0.1) is 11.8 Å². The van der Waals surface area contributed by atoms with Gasteiger partial charge in [0, 0.05) is 25.9 Å². The largest absolute Gasteiger partial charge is 0.469 e. The van der Waals surface area contributed by atoms with Gasteiger partial charge in [0.25, 0.3) is 0 Å². The summed E-state index contributed by atoms with van der Waals surface area (Å²) in [5.74, 6) is -1.58. The number of likely N-dealkylation sites (tertiary alicyclic amines) is 1. The van der Waals surface area contributed by atoms with Crippen LogP contribution in [-0.4, -0.2) is 43.5 Å². The van der Waals surface area contributed by atoms with E-state index in [2.05, 4.69) is 17.0 Å². The Morgan fingerprint density at radius 3 is 2.42 bits per heavy atom. The number of ether oxygens (including phenoxy) is 1. The summed E-state index contributed by atoms with van der Waals surface area (Å²) in [6.07, 6.45) is 3.98.